The van der Waals surface area contributed by atoms with Gasteiger partial charge in [0, 0.05) is 19.8 Å². The lowest BCUT2D eigenvalue weighted by atomic mass is 10.1. The van der Waals surface area contributed by atoms with Crippen molar-refractivity contribution in [2.45, 2.75) is 38.8 Å². The Bertz CT molecular complexity index is 501. The molecule has 4 nitrogen and oxygen atoms in total. The summed E-state index contributed by atoms with van der Waals surface area (Å²) in [5, 5.41) is 1.99. The lowest BCUT2D eigenvalue weighted by molar-refractivity contribution is -0.0448. The molecular weight excluding hydrogens is 286 g/mol. The van der Waals surface area contributed by atoms with E-state index in [-0.39, 0.29) is 18.1 Å². The van der Waals surface area contributed by atoms with E-state index in [4.69, 9.17) is 9.47 Å². The maximum absolute atomic E-state index is 12.8. The molecule has 0 radical (unpaired) electrons. The fourth-order valence-corrected chi connectivity index (χ4v) is 4.33. The van der Waals surface area contributed by atoms with E-state index in [0.29, 0.717) is 19.1 Å². The zero-order valence-electron chi connectivity index (χ0n) is 12.7. The molecule has 116 valence electrons. The highest BCUT2D eigenvalue weighted by Crippen LogP contribution is 2.35. The Morgan fingerprint density at radius 1 is 1.52 bits per heavy atom. The second-order valence-corrected chi connectivity index (χ2v) is 6.82. The Morgan fingerprint density at radius 3 is 3.10 bits per heavy atom. The molecule has 0 bridgehead atoms. The molecule has 2 aliphatic rings. The lowest BCUT2D eigenvalue weighted by Gasteiger charge is -2.37. The van der Waals surface area contributed by atoms with Crippen molar-refractivity contribution in [3.63, 3.8) is 0 Å². The van der Waals surface area contributed by atoms with E-state index in [1.807, 2.05) is 30.2 Å². The van der Waals surface area contributed by atoms with Crippen LogP contribution in [0.25, 0.3) is 0 Å². The molecule has 3 unspecified atom stereocenters. The average Bonchev–Trinajstić information content (AvgIpc) is 3.09. The minimum atomic E-state index is 0.179. The first-order valence-electron chi connectivity index (χ1n) is 7.75. The Hall–Kier alpha value is -0.910. The first kappa shape index (κ1) is 15.0. The van der Waals surface area contributed by atoms with Crippen LogP contribution in [0.3, 0.4) is 0 Å². The zero-order valence-corrected chi connectivity index (χ0v) is 13.5. The minimum absolute atomic E-state index is 0.179. The van der Waals surface area contributed by atoms with Gasteiger partial charge in [-0.15, -0.1) is 11.3 Å². The second-order valence-electron chi connectivity index (χ2n) is 5.90. The molecule has 2 fully saturated rings. The van der Waals surface area contributed by atoms with Gasteiger partial charge in [0.15, 0.2) is 0 Å². The maximum atomic E-state index is 12.8. The number of fused-ring (bicyclic) bond motifs is 1. The quantitative estimate of drug-likeness (QED) is 0.858. The van der Waals surface area contributed by atoms with Gasteiger partial charge in [-0.2, -0.15) is 0 Å². The molecular formula is C16H23NO3S. The number of ether oxygens (including phenoxy) is 2. The number of morpholine rings is 1. The van der Waals surface area contributed by atoms with Gasteiger partial charge in [-0.3, -0.25) is 4.79 Å². The van der Waals surface area contributed by atoms with Crippen molar-refractivity contribution in [3.05, 3.63) is 21.9 Å². The van der Waals surface area contributed by atoms with Crippen LogP contribution < -0.4 is 0 Å². The van der Waals surface area contributed by atoms with Crippen LogP contribution in [0.1, 0.15) is 35.0 Å². The van der Waals surface area contributed by atoms with Crippen molar-refractivity contribution >= 4 is 17.2 Å². The summed E-state index contributed by atoms with van der Waals surface area (Å²) >= 11 is 1.54. The van der Waals surface area contributed by atoms with E-state index < -0.39 is 0 Å². The predicted molar refractivity (Wildman–Crippen MR) is 82.8 cm³/mol. The van der Waals surface area contributed by atoms with E-state index >= 15 is 0 Å². The van der Waals surface area contributed by atoms with Crippen LogP contribution >= 0.6 is 11.3 Å². The van der Waals surface area contributed by atoms with Gasteiger partial charge in [0.2, 0.25) is 0 Å². The highest BCUT2D eigenvalue weighted by molar-refractivity contribution is 7.12. The molecule has 1 amide bonds. The molecule has 2 heterocycles. The van der Waals surface area contributed by atoms with E-state index in [1.165, 1.54) is 0 Å². The first-order chi connectivity index (χ1) is 10.2. The number of amides is 1. The van der Waals surface area contributed by atoms with Crippen LogP contribution in [0.2, 0.25) is 0 Å². The van der Waals surface area contributed by atoms with Crippen molar-refractivity contribution in [2.24, 2.45) is 5.92 Å². The van der Waals surface area contributed by atoms with Gasteiger partial charge in [0.1, 0.15) is 0 Å². The van der Waals surface area contributed by atoms with Crippen molar-refractivity contribution in [3.8, 4) is 0 Å². The summed E-state index contributed by atoms with van der Waals surface area (Å²) in [6.07, 6.45) is 2.20. The molecule has 1 aromatic rings. The topological polar surface area (TPSA) is 38.8 Å². The number of rotatable bonds is 4. The number of thiophene rings is 1. The summed E-state index contributed by atoms with van der Waals surface area (Å²) < 4.78 is 11.4. The van der Waals surface area contributed by atoms with Crippen molar-refractivity contribution < 1.29 is 14.3 Å². The first-order valence-corrected chi connectivity index (χ1v) is 8.63. The minimum Gasteiger partial charge on any atom is -0.381 e. The van der Waals surface area contributed by atoms with Crippen molar-refractivity contribution in [2.75, 3.05) is 26.4 Å². The Kier molecular flexibility index (Phi) is 4.62. The molecule has 1 saturated heterocycles. The standard InChI is InChI=1S/C16H23NO3S/c1-3-19-10-12-8-13-14(9-12)20-6-5-17(13)16(18)15-11(2)4-7-21-15/h4,7,12-14H,3,5-6,8-10H2,1-2H3. The molecule has 21 heavy (non-hydrogen) atoms. The number of aryl methyl sites for hydroxylation is 1. The Labute approximate surface area is 130 Å². The average molecular weight is 309 g/mol. The van der Waals surface area contributed by atoms with E-state index in [2.05, 4.69) is 0 Å². The molecule has 0 spiro atoms. The van der Waals surface area contributed by atoms with Crippen LogP contribution in [0.15, 0.2) is 11.4 Å². The highest BCUT2D eigenvalue weighted by atomic mass is 32.1. The summed E-state index contributed by atoms with van der Waals surface area (Å²) in [7, 11) is 0. The van der Waals surface area contributed by atoms with Crippen LogP contribution in [0, 0.1) is 12.8 Å². The van der Waals surface area contributed by atoms with Gasteiger partial charge in [-0.05, 0) is 49.6 Å². The fraction of sp³-hybridized carbons (Fsp3) is 0.688. The third-order valence-electron chi connectivity index (χ3n) is 4.51. The Balaban J connectivity index is 1.71. The van der Waals surface area contributed by atoms with Crippen molar-refractivity contribution in [1.82, 2.24) is 4.90 Å². The molecule has 0 N–H and O–H groups in total. The smallest absolute Gasteiger partial charge is 0.264 e. The number of hydrogen-bond acceptors (Lipinski definition) is 4. The SMILES string of the molecule is CCOCC1CC2OCCN(C(=O)c3sccc3C)C2C1. The predicted octanol–water partition coefficient (Wildman–Crippen LogP) is 2.71. The van der Waals surface area contributed by atoms with Crippen LogP contribution in [-0.2, 0) is 9.47 Å². The van der Waals surface area contributed by atoms with Gasteiger partial charge in [-0.25, -0.2) is 0 Å². The summed E-state index contributed by atoms with van der Waals surface area (Å²) in [4.78, 5) is 15.7. The largest absolute Gasteiger partial charge is 0.381 e. The van der Waals surface area contributed by atoms with E-state index in [0.717, 1.165) is 36.5 Å². The van der Waals surface area contributed by atoms with Crippen LogP contribution in [0.5, 0.6) is 0 Å². The normalized spacial score (nSPS) is 28.7. The summed E-state index contributed by atoms with van der Waals surface area (Å²) in [6.45, 7) is 6.93. The number of hydrogen-bond donors (Lipinski definition) is 0. The summed E-state index contributed by atoms with van der Waals surface area (Å²) in [5.41, 5.74) is 1.08. The third kappa shape index (κ3) is 3.00. The van der Waals surface area contributed by atoms with Gasteiger partial charge >= 0.3 is 0 Å². The summed E-state index contributed by atoms with van der Waals surface area (Å²) in [6, 6.07) is 2.24. The molecule has 0 aromatic carbocycles. The zero-order chi connectivity index (χ0) is 14.8. The van der Waals surface area contributed by atoms with Crippen LogP contribution in [0.4, 0.5) is 0 Å². The van der Waals surface area contributed by atoms with Gasteiger partial charge < -0.3 is 14.4 Å². The third-order valence-corrected chi connectivity index (χ3v) is 5.51. The van der Waals surface area contributed by atoms with Crippen LogP contribution in [-0.4, -0.2) is 49.3 Å². The number of nitrogens with zero attached hydrogens (tertiary/aromatic N) is 1. The van der Waals surface area contributed by atoms with E-state index in [1.54, 1.807) is 11.3 Å². The highest BCUT2D eigenvalue weighted by Gasteiger charge is 2.43. The van der Waals surface area contributed by atoms with Gasteiger partial charge in [0.25, 0.3) is 5.91 Å². The molecule has 1 saturated carbocycles. The summed E-state index contributed by atoms with van der Waals surface area (Å²) in [5.74, 6) is 0.690. The van der Waals surface area contributed by atoms with Gasteiger partial charge in [-0.1, -0.05) is 0 Å². The fourth-order valence-electron chi connectivity index (χ4n) is 3.45. The van der Waals surface area contributed by atoms with E-state index in [9.17, 15) is 4.79 Å². The molecule has 1 aliphatic heterocycles. The van der Waals surface area contributed by atoms with Crippen molar-refractivity contribution in [1.29, 1.82) is 0 Å². The molecule has 1 aromatic heterocycles. The second kappa shape index (κ2) is 6.46. The number of carbonyl (C=O) groups excluding carboxylic acids is 1. The molecule has 3 atom stereocenters. The molecule has 3 rings (SSSR count). The molecule has 1 aliphatic carbocycles. The monoisotopic (exact) mass is 309 g/mol. The number of carbonyl (C=O) groups is 1. The maximum Gasteiger partial charge on any atom is 0.264 e. The van der Waals surface area contributed by atoms with Gasteiger partial charge in [0.05, 0.1) is 23.6 Å². The lowest BCUT2D eigenvalue weighted by Crippen LogP contribution is -2.51. The Morgan fingerprint density at radius 2 is 2.38 bits per heavy atom. The molecule has 5 heteroatoms.